The summed E-state index contributed by atoms with van der Waals surface area (Å²) in [5.74, 6) is 0. The topological polar surface area (TPSA) is 66.9 Å². The molecule has 4 heteroatoms. The van der Waals surface area contributed by atoms with Crippen molar-refractivity contribution in [2.24, 2.45) is 5.14 Å². The molecule has 0 rings (SSSR count). The van der Waals surface area contributed by atoms with Crippen LogP contribution in [-0.2, 0) is 11.0 Å². The Kier molecular flexibility index (Phi) is 1.73. The van der Waals surface area contributed by atoms with Crippen molar-refractivity contribution in [3.05, 3.63) is 0 Å². The van der Waals surface area contributed by atoms with E-state index in [9.17, 15) is 4.21 Å². The molecule has 0 saturated heterocycles. The Balaban J connectivity index is 3.35. The SMILES string of the molecule is N#CS(N)=O. The van der Waals surface area contributed by atoms with Crippen molar-refractivity contribution in [2.75, 3.05) is 0 Å². The fourth-order valence-electron chi connectivity index (χ4n) is 0. The molecular formula is CH2N2OS. The van der Waals surface area contributed by atoms with E-state index in [0.717, 1.165) is 0 Å². The minimum absolute atomic E-state index is 1.28. The first-order chi connectivity index (χ1) is 2.27. The largest absolute Gasteiger partial charge is 0.239 e. The molecule has 0 radical (unpaired) electrons. The van der Waals surface area contributed by atoms with Crippen LogP contribution in [0.2, 0.25) is 0 Å². The van der Waals surface area contributed by atoms with Gasteiger partial charge in [0.1, 0.15) is 0 Å². The fraction of sp³-hybridized carbons (Fsp3) is 0. The molecule has 1 unspecified atom stereocenters. The van der Waals surface area contributed by atoms with Gasteiger partial charge in [-0.15, -0.1) is 0 Å². The quantitative estimate of drug-likeness (QED) is 0.391. The lowest BCUT2D eigenvalue weighted by Crippen LogP contribution is -1.95. The highest BCUT2D eigenvalue weighted by Crippen LogP contribution is 1.48. The van der Waals surface area contributed by atoms with Crippen LogP contribution in [0, 0.1) is 10.7 Å². The number of hydrogen-bond donors (Lipinski definition) is 1. The van der Waals surface area contributed by atoms with Crippen molar-refractivity contribution in [1.82, 2.24) is 0 Å². The third-order valence-electron chi connectivity index (χ3n) is 0.0900. The molecule has 0 heterocycles. The average molecular weight is 90.1 g/mol. The highest BCUT2D eigenvalue weighted by atomic mass is 32.2. The number of thiocyanates is 1. The summed E-state index contributed by atoms with van der Waals surface area (Å²) < 4.78 is 9.34. The number of rotatable bonds is 0. The van der Waals surface area contributed by atoms with Crippen LogP contribution in [0.15, 0.2) is 0 Å². The lowest BCUT2D eigenvalue weighted by molar-refractivity contribution is 0.690. The summed E-state index contributed by atoms with van der Waals surface area (Å²) in [6, 6.07) is 0. The molecule has 0 aromatic rings. The van der Waals surface area contributed by atoms with Crippen molar-refractivity contribution in [3.8, 4) is 5.40 Å². The van der Waals surface area contributed by atoms with Crippen LogP contribution in [-0.4, -0.2) is 4.21 Å². The molecular weight excluding hydrogens is 88.1 g/mol. The van der Waals surface area contributed by atoms with Crippen molar-refractivity contribution < 1.29 is 4.21 Å². The van der Waals surface area contributed by atoms with Crippen LogP contribution in [0.25, 0.3) is 0 Å². The molecule has 3 nitrogen and oxygen atoms in total. The summed E-state index contributed by atoms with van der Waals surface area (Å²) in [6.45, 7) is 0. The van der Waals surface area contributed by atoms with Gasteiger partial charge in [0.25, 0.3) is 0 Å². The van der Waals surface area contributed by atoms with E-state index < -0.39 is 11.0 Å². The molecule has 1 atom stereocenters. The monoisotopic (exact) mass is 90.0 g/mol. The van der Waals surface area contributed by atoms with Crippen LogP contribution >= 0.6 is 0 Å². The van der Waals surface area contributed by atoms with E-state index in [-0.39, 0.29) is 0 Å². The summed E-state index contributed by atoms with van der Waals surface area (Å²) in [5.41, 5.74) is 0. The number of nitrogens with two attached hydrogens (primary N) is 1. The maximum atomic E-state index is 9.34. The van der Waals surface area contributed by atoms with Crippen molar-refractivity contribution in [1.29, 1.82) is 5.26 Å². The molecule has 28 valence electrons. The molecule has 5 heavy (non-hydrogen) atoms. The summed E-state index contributed by atoms with van der Waals surface area (Å²) in [6.07, 6.45) is 0. The summed E-state index contributed by atoms with van der Waals surface area (Å²) in [5, 5.41) is 13.1. The smallest absolute Gasteiger partial charge is 0.195 e. The van der Waals surface area contributed by atoms with Gasteiger partial charge in [0.2, 0.25) is 0 Å². The van der Waals surface area contributed by atoms with E-state index in [4.69, 9.17) is 5.26 Å². The second-order valence-electron chi connectivity index (χ2n) is 0.389. The van der Waals surface area contributed by atoms with Crippen molar-refractivity contribution in [2.45, 2.75) is 0 Å². The standard InChI is InChI=1S/CH2N2OS/c2-1-5(3)4/h3H2. The van der Waals surface area contributed by atoms with Gasteiger partial charge >= 0.3 is 0 Å². The molecule has 0 bridgehead atoms. The minimum atomic E-state index is -1.77. The molecule has 2 N–H and O–H groups in total. The van der Waals surface area contributed by atoms with Crippen LogP contribution in [0.4, 0.5) is 0 Å². The van der Waals surface area contributed by atoms with Crippen LogP contribution in [0.3, 0.4) is 0 Å². The molecule has 0 fully saturated rings. The zero-order valence-corrected chi connectivity index (χ0v) is 3.16. The lowest BCUT2D eigenvalue weighted by atomic mass is 11.8. The predicted octanol–water partition coefficient (Wildman–Crippen LogP) is -0.910. The maximum absolute atomic E-state index is 9.34. The van der Waals surface area contributed by atoms with E-state index in [1.807, 2.05) is 0 Å². The van der Waals surface area contributed by atoms with Crippen LogP contribution < -0.4 is 5.14 Å². The summed E-state index contributed by atoms with van der Waals surface area (Å²) >= 11 is 0. The third-order valence-corrected chi connectivity index (χ3v) is 0.270. The van der Waals surface area contributed by atoms with Gasteiger partial charge in [-0.3, -0.25) is 0 Å². The molecule has 0 saturated carbocycles. The highest BCUT2D eigenvalue weighted by molar-refractivity contribution is 7.87. The number of hydrogen-bond acceptors (Lipinski definition) is 2. The minimum Gasteiger partial charge on any atom is -0.239 e. The van der Waals surface area contributed by atoms with Crippen LogP contribution in [0.5, 0.6) is 0 Å². The van der Waals surface area contributed by atoms with Gasteiger partial charge in [0, 0.05) is 0 Å². The van der Waals surface area contributed by atoms with E-state index in [2.05, 4.69) is 5.14 Å². The number of nitrogens with zero attached hydrogens (tertiary/aromatic N) is 1. The van der Waals surface area contributed by atoms with E-state index in [1.54, 1.807) is 0 Å². The first-order valence-electron chi connectivity index (χ1n) is 0.830. The molecule has 0 aliphatic heterocycles. The Morgan fingerprint density at radius 1 is 2.00 bits per heavy atom. The van der Waals surface area contributed by atoms with Gasteiger partial charge in [-0.05, 0) is 0 Å². The Morgan fingerprint density at radius 2 is 2.20 bits per heavy atom. The van der Waals surface area contributed by atoms with E-state index in [1.165, 1.54) is 5.40 Å². The maximum Gasteiger partial charge on any atom is 0.195 e. The predicted molar refractivity (Wildman–Crippen MR) is 17.9 cm³/mol. The molecule has 0 spiro atoms. The molecule has 0 aliphatic carbocycles. The van der Waals surface area contributed by atoms with Crippen molar-refractivity contribution in [3.63, 3.8) is 0 Å². The molecule has 0 aromatic heterocycles. The van der Waals surface area contributed by atoms with Gasteiger partial charge in [-0.25, -0.2) is 9.35 Å². The van der Waals surface area contributed by atoms with Gasteiger partial charge in [0.05, 0.1) is 0 Å². The van der Waals surface area contributed by atoms with Crippen molar-refractivity contribution >= 4 is 11.0 Å². The second kappa shape index (κ2) is 1.88. The van der Waals surface area contributed by atoms with Gasteiger partial charge < -0.3 is 0 Å². The summed E-state index contributed by atoms with van der Waals surface area (Å²) in [7, 11) is -1.77. The first kappa shape index (κ1) is 4.60. The molecule has 0 amide bonds. The number of nitriles is 1. The van der Waals surface area contributed by atoms with Gasteiger partial charge in [-0.1, -0.05) is 0 Å². The Hall–Kier alpha value is -0.400. The molecule has 0 aliphatic rings. The third kappa shape index (κ3) is 3.60. The fourth-order valence-corrected chi connectivity index (χ4v) is 0. The van der Waals surface area contributed by atoms with E-state index in [0.29, 0.717) is 0 Å². The zero-order valence-electron chi connectivity index (χ0n) is 2.34. The van der Waals surface area contributed by atoms with E-state index >= 15 is 0 Å². The van der Waals surface area contributed by atoms with Crippen LogP contribution in [0.1, 0.15) is 0 Å². The normalized spacial score (nSPS) is 12.8. The molecule has 0 aromatic carbocycles. The highest BCUT2D eigenvalue weighted by Gasteiger charge is 1.71. The second-order valence-corrected chi connectivity index (χ2v) is 1.17. The van der Waals surface area contributed by atoms with Gasteiger partial charge in [0.15, 0.2) is 16.4 Å². The zero-order chi connectivity index (χ0) is 4.28. The Morgan fingerprint density at radius 3 is 2.20 bits per heavy atom. The van der Waals surface area contributed by atoms with Gasteiger partial charge in [-0.2, -0.15) is 5.26 Å². The average Bonchev–Trinajstić information content (AvgIpc) is 1.38. The summed E-state index contributed by atoms with van der Waals surface area (Å²) in [4.78, 5) is 0. The Labute approximate surface area is 32.0 Å². The lowest BCUT2D eigenvalue weighted by Gasteiger charge is -1.58. The first-order valence-corrected chi connectivity index (χ1v) is 2.04. The Bertz CT molecular complexity index is 82.1.